The van der Waals surface area contributed by atoms with Crippen molar-refractivity contribution in [3.8, 4) is 5.75 Å². The molecule has 0 saturated carbocycles. The van der Waals surface area contributed by atoms with Gasteiger partial charge in [0.05, 0.1) is 18.2 Å². The van der Waals surface area contributed by atoms with E-state index >= 15 is 0 Å². The summed E-state index contributed by atoms with van der Waals surface area (Å²) in [7, 11) is 3.81. The van der Waals surface area contributed by atoms with Crippen LogP contribution >= 0.6 is 0 Å². The molecule has 7 heteroatoms. The average molecular weight is 424 g/mol. The van der Waals surface area contributed by atoms with Crippen LogP contribution in [0.1, 0.15) is 36.9 Å². The second-order valence-corrected chi connectivity index (χ2v) is 7.80. The Kier molecular flexibility index (Phi) is 7.41. The van der Waals surface area contributed by atoms with Gasteiger partial charge in [-0.15, -0.1) is 0 Å². The van der Waals surface area contributed by atoms with Crippen LogP contribution in [0.3, 0.4) is 0 Å². The van der Waals surface area contributed by atoms with Gasteiger partial charge in [-0.1, -0.05) is 13.3 Å². The monoisotopic (exact) mass is 423 g/mol. The summed E-state index contributed by atoms with van der Waals surface area (Å²) < 4.78 is 5.67. The second-order valence-electron chi connectivity index (χ2n) is 7.80. The van der Waals surface area contributed by atoms with Crippen molar-refractivity contribution in [2.24, 2.45) is 0 Å². The Morgan fingerprint density at radius 3 is 2.42 bits per heavy atom. The van der Waals surface area contributed by atoms with E-state index in [1.54, 1.807) is 48.8 Å². The summed E-state index contributed by atoms with van der Waals surface area (Å²) in [6, 6.07) is 9.78. The van der Waals surface area contributed by atoms with Crippen LogP contribution in [0.25, 0.3) is 5.76 Å². The van der Waals surface area contributed by atoms with Crippen molar-refractivity contribution in [3.63, 3.8) is 0 Å². The first-order valence-electron chi connectivity index (χ1n) is 10.5. The van der Waals surface area contributed by atoms with Crippen molar-refractivity contribution in [1.29, 1.82) is 0 Å². The van der Waals surface area contributed by atoms with Gasteiger partial charge in [-0.2, -0.15) is 0 Å². The smallest absolute Gasteiger partial charge is 0.295 e. The number of hydrogen-bond donors (Lipinski definition) is 1. The molecule has 0 aliphatic carbocycles. The number of benzene rings is 1. The lowest BCUT2D eigenvalue weighted by molar-refractivity contribution is -0.140. The van der Waals surface area contributed by atoms with E-state index in [1.165, 1.54) is 4.90 Å². The molecule has 7 nitrogen and oxygen atoms in total. The minimum atomic E-state index is -0.679. The van der Waals surface area contributed by atoms with Gasteiger partial charge in [0.2, 0.25) is 0 Å². The number of likely N-dealkylation sites (N-methyl/N-ethyl adjacent to an activating group) is 1. The van der Waals surface area contributed by atoms with Gasteiger partial charge in [0.25, 0.3) is 11.7 Å². The lowest BCUT2D eigenvalue weighted by Crippen LogP contribution is -2.35. The molecule has 1 aliphatic rings. The molecule has 1 amide bonds. The van der Waals surface area contributed by atoms with E-state index in [4.69, 9.17) is 4.74 Å². The first-order valence-corrected chi connectivity index (χ1v) is 10.5. The summed E-state index contributed by atoms with van der Waals surface area (Å²) in [5, 5.41) is 11.1. The highest BCUT2D eigenvalue weighted by Gasteiger charge is 2.45. The molecular formula is C24H29N3O4. The maximum atomic E-state index is 12.9. The number of hydrogen-bond acceptors (Lipinski definition) is 6. The summed E-state index contributed by atoms with van der Waals surface area (Å²) >= 11 is 0. The van der Waals surface area contributed by atoms with Crippen molar-refractivity contribution in [2.45, 2.75) is 25.8 Å². The van der Waals surface area contributed by atoms with Gasteiger partial charge in [0.1, 0.15) is 11.5 Å². The number of ketones is 1. The van der Waals surface area contributed by atoms with Gasteiger partial charge in [-0.05, 0) is 62.5 Å². The van der Waals surface area contributed by atoms with Crippen LogP contribution in [0.15, 0.2) is 54.4 Å². The molecule has 0 spiro atoms. The molecule has 0 bridgehead atoms. The standard InChI is InChI=1S/C24H29N3O4/c1-4-5-16-31-19-8-6-18(7-9-19)22(28)20-21(17-10-12-25-13-11-17)27(15-14-26(2)3)24(30)23(20)29/h6-13,21,28H,4-5,14-16H2,1-3H3. The maximum absolute atomic E-state index is 12.9. The third-order valence-electron chi connectivity index (χ3n) is 5.24. The molecule has 2 heterocycles. The highest BCUT2D eigenvalue weighted by Crippen LogP contribution is 2.39. The molecule has 1 aromatic carbocycles. The van der Waals surface area contributed by atoms with Gasteiger partial charge in [0.15, 0.2) is 0 Å². The first kappa shape index (κ1) is 22.5. The number of ether oxygens (including phenoxy) is 1. The van der Waals surface area contributed by atoms with Crippen LogP contribution in [0.4, 0.5) is 0 Å². The Morgan fingerprint density at radius 2 is 1.81 bits per heavy atom. The number of carbonyl (C=O) groups is 2. The minimum absolute atomic E-state index is 0.0922. The van der Waals surface area contributed by atoms with E-state index in [0.717, 1.165) is 18.4 Å². The minimum Gasteiger partial charge on any atom is -0.507 e. The third kappa shape index (κ3) is 5.11. The number of carbonyl (C=O) groups excluding carboxylic acids is 2. The fraction of sp³-hybridized carbons (Fsp3) is 0.375. The van der Waals surface area contributed by atoms with Crippen LogP contribution in [0.5, 0.6) is 5.75 Å². The van der Waals surface area contributed by atoms with E-state index in [0.29, 0.717) is 31.0 Å². The summed E-state index contributed by atoms with van der Waals surface area (Å²) in [5.74, 6) is -0.777. The zero-order chi connectivity index (χ0) is 22.4. The first-order chi connectivity index (χ1) is 14.9. The number of amides is 1. The number of aromatic nitrogens is 1. The van der Waals surface area contributed by atoms with Crippen LogP contribution in [-0.2, 0) is 9.59 Å². The number of likely N-dealkylation sites (tertiary alicyclic amines) is 1. The van der Waals surface area contributed by atoms with Crippen molar-refractivity contribution in [3.05, 3.63) is 65.5 Å². The van der Waals surface area contributed by atoms with Crippen molar-refractivity contribution >= 4 is 17.4 Å². The molecular weight excluding hydrogens is 394 g/mol. The molecule has 1 fully saturated rings. The number of aliphatic hydroxyl groups excluding tert-OH is 1. The fourth-order valence-electron chi connectivity index (χ4n) is 3.51. The van der Waals surface area contributed by atoms with Gasteiger partial charge in [0, 0.05) is 31.0 Å². The lowest BCUT2D eigenvalue weighted by atomic mass is 9.96. The van der Waals surface area contributed by atoms with E-state index in [1.807, 2.05) is 19.0 Å². The zero-order valence-electron chi connectivity index (χ0n) is 18.2. The Morgan fingerprint density at radius 1 is 1.13 bits per heavy atom. The van der Waals surface area contributed by atoms with E-state index in [2.05, 4.69) is 11.9 Å². The normalized spacial score (nSPS) is 18.1. The molecule has 1 aliphatic heterocycles. The van der Waals surface area contributed by atoms with Crippen molar-refractivity contribution in [1.82, 2.24) is 14.8 Å². The summed E-state index contributed by atoms with van der Waals surface area (Å²) in [4.78, 5) is 33.3. The number of nitrogens with zero attached hydrogens (tertiary/aromatic N) is 3. The molecule has 3 rings (SSSR count). The molecule has 2 aromatic rings. The summed E-state index contributed by atoms with van der Waals surface area (Å²) in [6.07, 6.45) is 5.24. The Balaban J connectivity index is 1.98. The molecule has 164 valence electrons. The fourth-order valence-corrected chi connectivity index (χ4v) is 3.51. The predicted molar refractivity (Wildman–Crippen MR) is 119 cm³/mol. The molecule has 0 radical (unpaired) electrons. The summed E-state index contributed by atoms with van der Waals surface area (Å²) in [6.45, 7) is 3.68. The van der Waals surface area contributed by atoms with Crippen LogP contribution < -0.4 is 4.74 Å². The lowest BCUT2D eigenvalue weighted by Gasteiger charge is -2.26. The molecule has 1 aromatic heterocycles. The Hall–Kier alpha value is -3.19. The SMILES string of the molecule is CCCCOc1ccc(C(O)=C2C(=O)C(=O)N(CCN(C)C)C2c2ccncc2)cc1. The highest BCUT2D eigenvalue weighted by atomic mass is 16.5. The largest absolute Gasteiger partial charge is 0.507 e. The number of unbranched alkanes of at least 4 members (excludes halogenated alkanes) is 1. The number of pyridine rings is 1. The van der Waals surface area contributed by atoms with Crippen LogP contribution in [0.2, 0.25) is 0 Å². The zero-order valence-corrected chi connectivity index (χ0v) is 18.2. The average Bonchev–Trinajstić information content (AvgIpc) is 3.03. The van der Waals surface area contributed by atoms with Crippen molar-refractivity contribution in [2.75, 3.05) is 33.8 Å². The number of Topliss-reactive ketones (excluding diaryl/α,β-unsaturated/α-hetero) is 1. The number of aliphatic hydroxyl groups is 1. The van der Waals surface area contributed by atoms with Gasteiger partial charge < -0.3 is 19.6 Å². The summed E-state index contributed by atoms with van der Waals surface area (Å²) in [5.41, 5.74) is 1.29. The molecule has 1 N–H and O–H groups in total. The van der Waals surface area contributed by atoms with Crippen LogP contribution in [0, 0.1) is 0 Å². The van der Waals surface area contributed by atoms with Crippen molar-refractivity contribution < 1.29 is 19.4 Å². The second kappa shape index (κ2) is 10.2. The Labute approximate surface area is 183 Å². The molecule has 1 unspecified atom stereocenters. The maximum Gasteiger partial charge on any atom is 0.295 e. The van der Waals surface area contributed by atoms with E-state index in [-0.39, 0.29) is 11.3 Å². The van der Waals surface area contributed by atoms with E-state index < -0.39 is 17.7 Å². The quantitative estimate of drug-likeness (QED) is 0.289. The number of rotatable bonds is 9. The molecule has 1 atom stereocenters. The topological polar surface area (TPSA) is 83.0 Å². The predicted octanol–water partition coefficient (Wildman–Crippen LogP) is 3.24. The van der Waals surface area contributed by atoms with Gasteiger partial charge in [-0.25, -0.2) is 0 Å². The highest BCUT2D eigenvalue weighted by molar-refractivity contribution is 6.46. The van der Waals surface area contributed by atoms with Gasteiger partial charge >= 0.3 is 0 Å². The van der Waals surface area contributed by atoms with Crippen LogP contribution in [-0.4, -0.2) is 65.4 Å². The van der Waals surface area contributed by atoms with Gasteiger partial charge in [-0.3, -0.25) is 14.6 Å². The Bertz CT molecular complexity index is 939. The van der Waals surface area contributed by atoms with E-state index in [9.17, 15) is 14.7 Å². The molecule has 31 heavy (non-hydrogen) atoms. The third-order valence-corrected chi connectivity index (χ3v) is 5.24. The molecule has 1 saturated heterocycles.